The molecule has 3 rings (SSSR count). The second-order valence-electron chi connectivity index (χ2n) is 5.99. The first-order valence-corrected chi connectivity index (χ1v) is 8.09. The minimum absolute atomic E-state index is 0.0884. The Morgan fingerprint density at radius 2 is 2.15 bits per heavy atom. The molecule has 0 aliphatic heterocycles. The molecule has 0 bridgehead atoms. The number of hydrogen-bond acceptors (Lipinski definition) is 4. The fraction of sp³-hybridized carbons (Fsp3) is 0.353. The van der Waals surface area contributed by atoms with Crippen molar-refractivity contribution in [1.82, 2.24) is 14.9 Å². The van der Waals surface area contributed by atoms with Gasteiger partial charge < -0.3 is 10.1 Å². The lowest BCUT2D eigenvalue weighted by Gasteiger charge is -2.27. The highest BCUT2D eigenvalue weighted by molar-refractivity contribution is 5.76. The van der Waals surface area contributed by atoms with Gasteiger partial charge in [-0.15, -0.1) is 0 Å². The summed E-state index contributed by atoms with van der Waals surface area (Å²) in [6.45, 7) is -3.11. The zero-order valence-corrected chi connectivity index (χ0v) is 13.7. The number of nitrogens with one attached hydrogen (secondary N) is 2. The van der Waals surface area contributed by atoms with Gasteiger partial charge in [-0.1, -0.05) is 6.07 Å². The number of ether oxygens (including phenoxy) is 1. The highest BCUT2D eigenvalue weighted by Gasteiger charge is 2.23. The number of H-pyrrole nitrogens is 1. The summed E-state index contributed by atoms with van der Waals surface area (Å²) in [5, 5.41) is 2.85. The number of fused-ring (bicyclic) bond motifs is 1. The molecule has 1 heterocycles. The predicted octanol–water partition coefficient (Wildman–Crippen LogP) is 1.33. The predicted molar refractivity (Wildman–Crippen MR) is 88.2 cm³/mol. The Balaban J connectivity index is 1.72. The Labute approximate surface area is 146 Å². The second-order valence-corrected chi connectivity index (χ2v) is 5.99. The van der Waals surface area contributed by atoms with E-state index >= 15 is 0 Å². The number of carbonyl (C=O) groups is 1. The number of benzene rings is 1. The molecule has 0 saturated carbocycles. The summed E-state index contributed by atoms with van der Waals surface area (Å²) < 4.78 is 30.2. The average Bonchev–Trinajstić information content (AvgIpc) is 2.57. The summed E-state index contributed by atoms with van der Waals surface area (Å²) in [4.78, 5) is 37.0. The van der Waals surface area contributed by atoms with Crippen LogP contribution in [0.4, 0.5) is 8.78 Å². The van der Waals surface area contributed by atoms with Crippen LogP contribution in [0.25, 0.3) is 0 Å². The van der Waals surface area contributed by atoms with Gasteiger partial charge in [0.2, 0.25) is 5.91 Å². The average molecular weight is 365 g/mol. The van der Waals surface area contributed by atoms with E-state index in [4.69, 9.17) is 0 Å². The van der Waals surface area contributed by atoms with Crippen molar-refractivity contribution in [3.8, 4) is 5.75 Å². The van der Waals surface area contributed by atoms with E-state index in [-0.39, 0.29) is 24.2 Å². The third-order valence-electron chi connectivity index (χ3n) is 4.20. The molecule has 1 amide bonds. The van der Waals surface area contributed by atoms with Gasteiger partial charge in [0.05, 0.1) is 6.04 Å². The van der Waals surface area contributed by atoms with Crippen LogP contribution < -0.4 is 21.3 Å². The molecule has 7 nitrogen and oxygen atoms in total. The third-order valence-corrected chi connectivity index (χ3v) is 4.20. The smallest absolute Gasteiger partial charge is 0.387 e. The molecule has 0 fully saturated rings. The van der Waals surface area contributed by atoms with Crippen molar-refractivity contribution in [3.63, 3.8) is 0 Å². The van der Waals surface area contributed by atoms with Gasteiger partial charge in [0.25, 0.3) is 5.56 Å². The van der Waals surface area contributed by atoms with Crippen LogP contribution in [0.5, 0.6) is 5.75 Å². The molecule has 1 aliphatic carbocycles. The lowest BCUT2D eigenvalue weighted by Crippen LogP contribution is -2.37. The molecule has 1 unspecified atom stereocenters. The number of halogens is 2. The number of rotatable bonds is 5. The van der Waals surface area contributed by atoms with Crippen LogP contribution in [0.1, 0.15) is 30.0 Å². The summed E-state index contributed by atoms with van der Waals surface area (Å²) in [5.41, 5.74) is 0.501. The normalized spacial score (nSPS) is 16.2. The van der Waals surface area contributed by atoms with Crippen LogP contribution in [0, 0.1) is 0 Å². The van der Waals surface area contributed by atoms with Gasteiger partial charge >= 0.3 is 12.3 Å². The summed E-state index contributed by atoms with van der Waals surface area (Å²) in [7, 11) is 0. The largest absolute Gasteiger partial charge is 0.435 e. The monoisotopic (exact) mass is 365 g/mol. The first-order chi connectivity index (χ1) is 12.4. The van der Waals surface area contributed by atoms with Gasteiger partial charge in [-0.25, -0.2) is 4.79 Å². The summed E-state index contributed by atoms with van der Waals surface area (Å²) in [6, 6.07) is 5.57. The number of carbonyl (C=O) groups excluding carboxylic acids is 1. The Kier molecular flexibility index (Phi) is 5.15. The van der Waals surface area contributed by atoms with Crippen LogP contribution in [0.2, 0.25) is 0 Å². The van der Waals surface area contributed by atoms with Crippen LogP contribution in [-0.2, 0) is 17.8 Å². The molecule has 0 radical (unpaired) electrons. The number of amides is 1. The van der Waals surface area contributed by atoms with Gasteiger partial charge in [0.15, 0.2) is 0 Å². The molecular formula is C17H17F2N3O4. The van der Waals surface area contributed by atoms with Crippen LogP contribution >= 0.6 is 0 Å². The van der Waals surface area contributed by atoms with Gasteiger partial charge in [0.1, 0.15) is 12.3 Å². The van der Waals surface area contributed by atoms with Crippen molar-refractivity contribution < 1.29 is 18.3 Å². The van der Waals surface area contributed by atoms with Gasteiger partial charge in [-0.3, -0.25) is 19.1 Å². The van der Waals surface area contributed by atoms with Crippen LogP contribution in [0.15, 0.2) is 40.1 Å². The highest BCUT2D eigenvalue weighted by atomic mass is 19.3. The van der Waals surface area contributed by atoms with Crippen molar-refractivity contribution in [2.24, 2.45) is 0 Å². The molecule has 26 heavy (non-hydrogen) atoms. The van der Waals surface area contributed by atoms with Crippen molar-refractivity contribution in [1.29, 1.82) is 0 Å². The van der Waals surface area contributed by atoms with E-state index in [1.165, 1.54) is 12.3 Å². The summed E-state index contributed by atoms with van der Waals surface area (Å²) in [6.07, 6.45) is 3.45. The lowest BCUT2D eigenvalue weighted by atomic mass is 9.87. The summed E-state index contributed by atoms with van der Waals surface area (Å²) >= 11 is 0. The van der Waals surface area contributed by atoms with E-state index < -0.39 is 17.9 Å². The zero-order chi connectivity index (χ0) is 18.7. The highest BCUT2D eigenvalue weighted by Crippen LogP contribution is 2.32. The first-order valence-electron chi connectivity index (χ1n) is 8.09. The summed E-state index contributed by atoms with van der Waals surface area (Å²) in [5.74, 6) is -0.296. The molecule has 2 aromatic rings. The van der Waals surface area contributed by atoms with E-state index in [1.54, 1.807) is 12.1 Å². The first kappa shape index (κ1) is 17.8. The van der Waals surface area contributed by atoms with E-state index in [0.717, 1.165) is 28.2 Å². The second kappa shape index (κ2) is 7.51. The lowest BCUT2D eigenvalue weighted by molar-refractivity contribution is -0.122. The maximum absolute atomic E-state index is 12.3. The molecule has 1 aromatic carbocycles. The fourth-order valence-electron chi connectivity index (χ4n) is 3.08. The van der Waals surface area contributed by atoms with E-state index in [1.807, 2.05) is 0 Å². The van der Waals surface area contributed by atoms with Gasteiger partial charge in [0, 0.05) is 12.3 Å². The Bertz CT molecular complexity index is 923. The molecule has 138 valence electrons. The fourth-order valence-corrected chi connectivity index (χ4v) is 3.08. The topological polar surface area (TPSA) is 93.2 Å². The van der Waals surface area contributed by atoms with E-state index in [9.17, 15) is 23.2 Å². The standard InChI is InChI=1S/C17H17F2N3O4/c18-16(19)26-11-4-5-12-10(8-11)2-1-3-13(12)20-15(24)9-22-7-6-14(23)21-17(22)25/h4-8,13,16H,1-3,9H2,(H,20,24)(H,21,23,25). The minimum atomic E-state index is -2.89. The van der Waals surface area contributed by atoms with E-state index in [2.05, 4.69) is 15.0 Å². The molecular weight excluding hydrogens is 348 g/mol. The Morgan fingerprint density at radius 3 is 2.88 bits per heavy atom. The maximum Gasteiger partial charge on any atom is 0.387 e. The number of hydrogen-bond donors (Lipinski definition) is 2. The quantitative estimate of drug-likeness (QED) is 0.836. The number of aromatic nitrogens is 2. The molecule has 1 aliphatic rings. The van der Waals surface area contributed by atoms with Crippen molar-refractivity contribution in [3.05, 3.63) is 62.4 Å². The number of aryl methyl sites for hydroxylation is 1. The molecule has 1 aromatic heterocycles. The number of aromatic amines is 1. The molecule has 2 N–H and O–H groups in total. The molecule has 0 saturated heterocycles. The molecule has 9 heteroatoms. The third kappa shape index (κ3) is 4.16. The van der Waals surface area contributed by atoms with Crippen molar-refractivity contribution >= 4 is 5.91 Å². The SMILES string of the molecule is O=C(Cn1ccc(=O)[nH]c1=O)NC1CCCc2cc(OC(F)F)ccc21. The number of alkyl halides is 2. The van der Waals surface area contributed by atoms with Crippen LogP contribution in [0.3, 0.4) is 0 Å². The maximum atomic E-state index is 12.3. The zero-order valence-electron chi connectivity index (χ0n) is 13.7. The van der Waals surface area contributed by atoms with E-state index in [0.29, 0.717) is 12.8 Å². The Hall–Kier alpha value is -2.97. The minimum Gasteiger partial charge on any atom is -0.435 e. The van der Waals surface area contributed by atoms with Crippen molar-refractivity contribution in [2.45, 2.75) is 38.5 Å². The van der Waals surface area contributed by atoms with Gasteiger partial charge in [-0.2, -0.15) is 8.78 Å². The van der Waals surface area contributed by atoms with Crippen molar-refractivity contribution in [2.75, 3.05) is 0 Å². The molecule has 1 atom stereocenters. The Morgan fingerprint density at radius 1 is 1.35 bits per heavy atom. The van der Waals surface area contributed by atoms with Crippen LogP contribution in [-0.4, -0.2) is 22.1 Å². The number of nitrogens with zero attached hydrogens (tertiary/aromatic N) is 1. The van der Waals surface area contributed by atoms with Gasteiger partial charge in [-0.05, 0) is 42.5 Å². The molecule has 0 spiro atoms.